The molecule has 0 saturated carbocycles. The van der Waals surface area contributed by atoms with E-state index in [-0.39, 0.29) is 5.91 Å². The van der Waals surface area contributed by atoms with Crippen LogP contribution in [0.15, 0.2) is 18.3 Å². The summed E-state index contributed by atoms with van der Waals surface area (Å²) in [7, 11) is 1.92. The number of amides is 1. The van der Waals surface area contributed by atoms with Crippen molar-refractivity contribution in [2.24, 2.45) is 7.05 Å². The maximum Gasteiger partial charge on any atom is 0.270 e. The fraction of sp³-hybridized carbons (Fsp3) is 0.650. The van der Waals surface area contributed by atoms with E-state index in [9.17, 15) is 4.79 Å². The van der Waals surface area contributed by atoms with Gasteiger partial charge in [0.2, 0.25) is 0 Å². The van der Waals surface area contributed by atoms with Gasteiger partial charge < -0.3 is 14.0 Å². The van der Waals surface area contributed by atoms with E-state index in [1.807, 2.05) is 34.8 Å². The van der Waals surface area contributed by atoms with Crippen LogP contribution in [-0.4, -0.2) is 67.3 Å². The number of likely N-dealkylation sites (tertiary alicyclic amines) is 1. The number of hydrogen-bond donors (Lipinski definition) is 0. The molecule has 2 aliphatic heterocycles. The second kappa shape index (κ2) is 7.46. The number of nitrogens with zero attached hydrogens (tertiary/aromatic N) is 6. The number of fused-ring (bicyclic) bond motifs is 1. The Kier molecular flexibility index (Phi) is 5.04. The van der Waals surface area contributed by atoms with Gasteiger partial charge in [0.1, 0.15) is 17.3 Å². The highest BCUT2D eigenvalue weighted by molar-refractivity contribution is 5.92. The molecule has 1 fully saturated rings. The van der Waals surface area contributed by atoms with Crippen LogP contribution in [0.2, 0.25) is 0 Å². The number of piperidine rings is 1. The van der Waals surface area contributed by atoms with Gasteiger partial charge in [-0.3, -0.25) is 9.69 Å². The van der Waals surface area contributed by atoms with Gasteiger partial charge in [-0.2, -0.15) is 0 Å². The van der Waals surface area contributed by atoms with Crippen LogP contribution in [-0.2, 0) is 20.0 Å². The first-order valence-electron chi connectivity index (χ1n) is 10.1. The van der Waals surface area contributed by atoms with Crippen molar-refractivity contribution in [2.45, 2.75) is 51.6 Å². The Labute approximate surface area is 161 Å². The third-order valence-corrected chi connectivity index (χ3v) is 6.13. The van der Waals surface area contributed by atoms with Crippen molar-refractivity contribution in [1.82, 2.24) is 29.1 Å². The van der Waals surface area contributed by atoms with Crippen molar-refractivity contribution in [3.63, 3.8) is 0 Å². The molecule has 0 radical (unpaired) electrons. The minimum absolute atomic E-state index is 0.133. The van der Waals surface area contributed by atoms with Crippen LogP contribution in [0.4, 0.5) is 0 Å². The average Bonchev–Trinajstić information content (AvgIpc) is 3.21. The predicted octanol–water partition coefficient (Wildman–Crippen LogP) is 1.90. The van der Waals surface area contributed by atoms with E-state index in [1.165, 1.54) is 0 Å². The third kappa shape index (κ3) is 3.52. The molecule has 0 unspecified atom stereocenters. The Balaban J connectivity index is 1.42. The predicted molar refractivity (Wildman–Crippen MR) is 104 cm³/mol. The standard InChI is InChI=1S/C20H30N6O/c1-15(2)24-12-8-18-21-22-19(26(18)14-13-24)16-6-10-25(11-7-16)20(27)17-5-4-9-23(17)3/h4-5,9,15-16H,6-8,10-14H2,1-3H3. The van der Waals surface area contributed by atoms with Crippen molar-refractivity contribution in [3.05, 3.63) is 35.7 Å². The van der Waals surface area contributed by atoms with Gasteiger partial charge >= 0.3 is 0 Å². The summed E-state index contributed by atoms with van der Waals surface area (Å²) >= 11 is 0. The molecule has 0 atom stereocenters. The second-order valence-corrected chi connectivity index (χ2v) is 8.08. The zero-order chi connectivity index (χ0) is 19.0. The molecule has 0 spiro atoms. The van der Waals surface area contributed by atoms with E-state index in [1.54, 1.807) is 0 Å². The lowest BCUT2D eigenvalue weighted by molar-refractivity contribution is 0.0700. The molecular formula is C20H30N6O. The third-order valence-electron chi connectivity index (χ3n) is 6.13. The summed E-state index contributed by atoms with van der Waals surface area (Å²) in [5.74, 6) is 2.78. The quantitative estimate of drug-likeness (QED) is 0.828. The van der Waals surface area contributed by atoms with Crippen LogP contribution in [0.25, 0.3) is 0 Å². The molecule has 0 bridgehead atoms. The van der Waals surface area contributed by atoms with Gasteiger partial charge in [0, 0.05) is 64.3 Å². The highest BCUT2D eigenvalue weighted by Gasteiger charge is 2.30. The van der Waals surface area contributed by atoms with Gasteiger partial charge in [0.25, 0.3) is 5.91 Å². The first-order valence-corrected chi connectivity index (χ1v) is 10.1. The molecule has 1 saturated heterocycles. The summed E-state index contributed by atoms with van der Waals surface area (Å²) in [4.78, 5) is 17.2. The number of carbonyl (C=O) groups is 1. The van der Waals surface area contributed by atoms with Crippen molar-refractivity contribution < 1.29 is 4.79 Å². The van der Waals surface area contributed by atoms with Gasteiger partial charge in [-0.25, -0.2) is 0 Å². The SMILES string of the molecule is CC(C)N1CCc2nnc(C3CCN(C(=O)c4cccn4C)CC3)n2CC1. The van der Waals surface area contributed by atoms with Crippen LogP contribution in [0.5, 0.6) is 0 Å². The lowest BCUT2D eigenvalue weighted by Gasteiger charge is -2.32. The van der Waals surface area contributed by atoms with Crippen molar-refractivity contribution in [3.8, 4) is 0 Å². The largest absolute Gasteiger partial charge is 0.347 e. The number of rotatable bonds is 3. The first-order chi connectivity index (χ1) is 13.0. The zero-order valence-corrected chi connectivity index (χ0v) is 16.6. The van der Waals surface area contributed by atoms with Crippen molar-refractivity contribution in [2.75, 3.05) is 26.2 Å². The molecule has 0 aliphatic carbocycles. The molecule has 27 heavy (non-hydrogen) atoms. The number of aromatic nitrogens is 4. The monoisotopic (exact) mass is 370 g/mol. The lowest BCUT2D eigenvalue weighted by atomic mass is 9.95. The molecule has 7 nitrogen and oxygen atoms in total. The minimum Gasteiger partial charge on any atom is -0.347 e. The summed E-state index contributed by atoms with van der Waals surface area (Å²) in [6.45, 7) is 9.17. The Morgan fingerprint density at radius 3 is 2.56 bits per heavy atom. The normalized spacial score (nSPS) is 19.3. The Morgan fingerprint density at radius 2 is 1.89 bits per heavy atom. The summed E-state index contributed by atoms with van der Waals surface area (Å²) in [6, 6.07) is 4.39. The maximum absolute atomic E-state index is 12.7. The summed E-state index contributed by atoms with van der Waals surface area (Å²) in [5, 5.41) is 9.05. The summed E-state index contributed by atoms with van der Waals surface area (Å²) < 4.78 is 4.25. The molecule has 4 rings (SSSR count). The second-order valence-electron chi connectivity index (χ2n) is 8.08. The van der Waals surface area contributed by atoms with E-state index in [0.29, 0.717) is 12.0 Å². The molecule has 0 aromatic carbocycles. The zero-order valence-electron chi connectivity index (χ0n) is 16.6. The highest BCUT2D eigenvalue weighted by atomic mass is 16.2. The van der Waals surface area contributed by atoms with Crippen LogP contribution < -0.4 is 0 Å². The molecule has 4 heterocycles. The smallest absolute Gasteiger partial charge is 0.270 e. The van der Waals surface area contributed by atoms with Crippen LogP contribution in [0.1, 0.15) is 54.7 Å². The summed E-state index contributed by atoms with van der Waals surface area (Å²) in [5.41, 5.74) is 0.763. The Morgan fingerprint density at radius 1 is 1.11 bits per heavy atom. The first kappa shape index (κ1) is 18.2. The average molecular weight is 371 g/mol. The fourth-order valence-electron chi connectivity index (χ4n) is 4.37. The van der Waals surface area contributed by atoms with E-state index in [2.05, 4.69) is 33.5 Å². The van der Waals surface area contributed by atoms with Gasteiger partial charge in [-0.1, -0.05) is 0 Å². The molecule has 2 aliphatic rings. The molecule has 2 aromatic heterocycles. The fourth-order valence-corrected chi connectivity index (χ4v) is 4.37. The topological polar surface area (TPSA) is 59.2 Å². The molecule has 146 valence electrons. The van der Waals surface area contributed by atoms with Gasteiger partial charge in [-0.05, 0) is 38.8 Å². The van der Waals surface area contributed by atoms with E-state index in [4.69, 9.17) is 0 Å². The molecule has 0 N–H and O–H groups in total. The number of carbonyl (C=O) groups excluding carboxylic acids is 1. The van der Waals surface area contributed by atoms with Gasteiger partial charge in [0.05, 0.1) is 0 Å². The summed E-state index contributed by atoms with van der Waals surface area (Å²) in [6.07, 6.45) is 4.81. The van der Waals surface area contributed by atoms with E-state index >= 15 is 0 Å². The Hall–Kier alpha value is -2.15. The molecule has 2 aromatic rings. The molecular weight excluding hydrogens is 340 g/mol. The maximum atomic E-state index is 12.7. The van der Waals surface area contributed by atoms with Crippen LogP contribution in [0, 0.1) is 0 Å². The van der Waals surface area contributed by atoms with E-state index in [0.717, 1.165) is 69.3 Å². The van der Waals surface area contributed by atoms with Crippen molar-refractivity contribution >= 4 is 5.91 Å². The lowest BCUT2D eigenvalue weighted by Crippen LogP contribution is -2.39. The molecule has 1 amide bonds. The number of aryl methyl sites for hydroxylation is 1. The minimum atomic E-state index is 0.133. The van der Waals surface area contributed by atoms with Gasteiger partial charge in [0.15, 0.2) is 0 Å². The number of hydrogen-bond acceptors (Lipinski definition) is 4. The van der Waals surface area contributed by atoms with Crippen molar-refractivity contribution in [1.29, 1.82) is 0 Å². The van der Waals surface area contributed by atoms with Crippen LogP contribution in [0.3, 0.4) is 0 Å². The van der Waals surface area contributed by atoms with E-state index < -0.39 is 0 Å². The van der Waals surface area contributed by atoms with Crippen LogP contribution >= 0.6 is 0 Å². The Bertz CT molecular complexity index is 799. The van der Waals surface area contributed by atoms with Gasteiger partial charge in [-0.15, -0.1) is 10.2 Å². The highest BCUT2D eigenvalue weighted by Crippen LogP contribution is 2.29. The molecule has 7 heteroatoms.